The van der Waals surface area contributed by atoms with E-state index >= 15 is 0 Å². The lowest BCUT2D eigenvalue weighted by Crippen LogP contribution is -2.46. The van der Waals surface area contributed by atoms with E-state index in [9.17, 15) is 4.79 Å². The molecule has 6 heteroatoms. The number of piperidine rings is 1. The lowest BCUT2D eigenvalue weighted by atomic mass is 10.0. The molecule has 130 valence electrons. The molecule has 1 aromatic heterocycles. The summed E-state index contributed by atoms with van der Waals surface area (Å²) in [5.74, 6) is 0.0573. The molecule has 1 amide bonds. The van der Waals surface area contributed by atoms with Crippen LogP contribution in [0.25, 0.3) is 0 Å². The van der Waals surface area contributed by atoms with Crippen LogP contribution >= 0.6 is 0 Å². The van der Waals surface area contributed by atoms with Gasteiger partial charge in [0, 0.05) is 49.9 Å². The number of amides is 1. The molecule has 1 aliphatic heterocycles. The monoisotopic (exact) mass is 321 g/mol. The third kappa shape index (κ3) is 5.04. The number of nitrogens with one attached hydrogen (secondary N) is 1. The van der Waals surface area contributed by atoms with Crippen molar-refractivity contribution in [2.24, 2.45) is 5.73 Å². The smallest absolute Gasteiger partial charge is 0.221 e. The Morgan fingerprint density at radius 3 is 2.91 bits per heavy atom. The van der Waals surface area contributed by atoms with Gasteiger partial charge in [0.25, 0.3) is 0 Å². The minimum atomic E-state index is 0.0573. The predicted molar refractivity (Wildman–Crippen MR) is 92.1 cm³/mol. The van der Waals surface area contributed by atoms with Crippen LogP contribution in [0.2, 0.25) is 0 Å². The van der Waals surface area contributed by atoms with Crippen LogP contribution in [-0.4, -0.2) is 46.3 Å². The second-order valence-electron chi connectivity index (χ2n) is 6.78. The number of carbonyl (C=O) groups is 1. The number of hydrogen-bond donors (Lipinski definition) is 2. The van der Waals surface area contributed by atoms with Gasteiger partial charge in [-0.1, -0.05) is 6.42 Å². The number of hydrogen-bond acceptors (Lipinski definition) is 4. The van der Waals surface area contributed by atoms with Crippen molar-refractivity contribution in [2.45, 2.75) is 65.1 Å². The Hall–Kier alpha value is -1.40. The van der Waals surface area contributed by atoms with E-state index in [1.165, 1.54) is 18.4 Å². The fourth-order valence-corrected chi connectivity index (χ4v) is 3.11. The van der Waals surface area contributed by atoms with Gasteiger partial charge in [-0.25, -0.2) is 0 Å². The Morgan fingerprint density at radius 2 is 2.26 bits per heavy atom. The van der Waals surface area contributed by atoms with E-state index in [2.05, 4.69) is 42.3 Å². The van der Waals surface area contributed by atoms with Gasteiger partial charge in [0.05, 0.1) is 5.69 Å². The van der Waals surface area contributed by atoms with E-state index in [4.69, 9.17) is 5.73 Å². The number of aromatic nitrogens is 2. The Kier molecular flexibility index (Phi) is 6.59. The van der Waals surface area contributed by atoms with Gasteiger partial charge in [-0.3, -0.25) is 14.4 Å². The van der Waals surface area contributed by atoms with Crippen molar-refractivity contribution in [1.29, 1.82) is 0 Å². The first-order chi connectivity index (χ1) is 11.0. The average Bonchev–Trinajstić information content (AvgIpc) is 2.88. The molecule has 0 bridgehead atoms. The molecule has 1 aliphatic rings. The maximum atomic E-state index is 11.7. The van der Waals surface area contributed by atoms with E-state index in [-0.39, 0.29) is 5.91 Å². The fraction of sp³-hybridized carbons (Fsp3) is 0.765. The summed E-state index contributed by atoms with van der Waals surface area (Å²) in [5, 5.41) is 7.63. The summed E-state index contributed by atoms with van der Waals surface area (Å²) >= 11 is 0. The van der Waals surface area contributed by atoms with E-state index < -0.39 is 0 Å². The number of likely N-dealkylation sites (tertiary alicyclic amines) is 1. The number of nitrogens with two attached hydrogens (primary N) is 1. The third-order valence-electron chi connectivity index (χ3n) is 4.58. The summed E-state index contributed by atoms with van der Waals surface area (Å²) in [5.41, 5.74) is 7.83. The molecule has 0 radical (unpaired) electrons. The Balaban J connectivity index is 1.96. The SMILES string of the molecule is Cc1nn(C(C)C)cc1CN1CCCCC1CNC(=O)CCN. The first-order valence-electron chi connectivity index (χ1n) is 8.76. The molecule has 1 fully saturated rings. The normalized spacial score (nSPS) is 19.3. The zero-order chi connectivity index (χ0) is 16.8. The molecule has 6 nitrogen and oxygen atoms in total. The summed E-state index contributed by atoms with van der Waals surface area (Å²) in [4.78, 5) is 14.1. The highest BCUT2D eigenvalue weighted by atomic mass is 16.1. The van der Waals surface area contributed by atoms with Gasteiger partial charge in [0.1, 0.15) is 0 Å². The molecular weight excluding hydrogens is 290 g/mol. The third-order valence-corrected chi connectivity index (χ3v) is 4.58. The van der Waals surface area contributed by atoms with Crippen molar-refractivity contribution in [2.75, 3.05) is 19.6 Å². The van der Waals surface area contributed by atoms with Gasteiger partial charge < -0.3 is 11.1 Å². The fourth-order valence-electron chi connectivity index (χ4n) is 3.11. The molecule has 0 spiro atoms. The molecule has 23 heavy (non-hydrogen) atoms. The molecular formula is C17H31N5O. The second kappa shape index (κ2) is 8.45. The van der Waals surface area contributed by atoms with Gasteiger partial charge in [0.2, 0.25) is 5.91 Å². The highest BCUT2D eigenvalue weighted by Crippen LogP contribution is 2.21. The molecule has 0 aliphatic carbocycles. The maximum absolute atomic E-state index is 11.7. The van der Waals surface area contributed by atoms with Crippen LogP contribution in [-0.2, 0) is 11.3 Å². The summed E-state index contributed by atoms with van der Waals surface area (Å²) in [6.45, 7) is 9.50. The molecule has 2 heterocycles. The van der Waals surface area contributed by atoms with Crippen LogP contribution in [0, 0.1) is 6.92 Å². The Labute approximate surface area is 139 Å². The van der Waals surface area contributed by atoms with Crippen molar-refractivity contribution < 1.29 is 4.79 Å². The number of carbonyl (C=O) groups excluding carboxylic acids is 1. The van der Waals surface area contributed by atoms with Gasteiger partial charge >= 0.3 is 0 Å². The highest BCUT2D eigenvalue weighted by Gasteiger charge is 2.24. The number of nitrogens with zero attached hydrogens (tertiary/aromatic N) is 3. The van der Waals surface area contributed by atoms with Crippen molar-refractivity contribution in [3.63, 3.8) is 0 Å². The molecule has 1 atom stereocenters. The van der Waals surface area contributed by atoms with Crippen molar-refractivity contribution in [3.8, 4) is 0 Å². The summed E-state index contributed by atoms with van der Waals surface area (Å²) < 4.78 is 2.03. The lowest BCUT2D eigenvalue weighted by molar-refractivity contribution is -0.121. The number of aryl methyl sites for hydroxylation is 1. The summed E-state index contributed by atoms with van der Waals surface area (Å²) in [6.07, 6.45) is 6.18. The average molecular weight is 321 g/mol. The molecule has 0 aromatic carbocycles. The Bertz CT molecular complexity index is 511. The first kappa shape index (κ1) is 17.9. The minimum absolute atomic E-state index is 0.0573. The van der Waals surface area contributed by atoms with E-state index in [0.29, 0.717) is 25.0 Å². The summed E-state index contributed by atoms with van der Waals surface area (Å²) in [7, 11) is 0. The first-order valence-corrected chi connectivity index (χ1v) is 8.76. The van der Waals surface area contributed by atoms with Gasteiger partial charge in [-0.15, -0.1) is 0 Å². The van der Waals surface area contributed by atoms with E-state index in [0.717, 1.165) is 31.7 Å². The van der Waals surface area contributed by atoms with Crippen molar-refractivity contribution >= 4 is 5.91 Å². The second-order valence-corrected chi connectivity index (χ2v) is 6.78. The lowest BCUT2D eigenvalue weighted by Gasteiger charge is -2.35. The largest absolute Gasteiger partial charge is 0.354 e. The van der Waals surface area contributed by atoms with Crippen molar-refractivity contribution in [3.05, 3.63) is 17.5 Å². The molecule has 1 unspecified atom stereocenters. The van der Waals surface area contributed by atoms with Crippen LogP contribution < -0.4 is 11.1 Å². The highest BCUT2D eigenvalue weighted by molar-refractivity contribution is 5.76. The molecule has 0 saturated carbocycles. The standard InChI is InChI=1S/C17H31N5O/c1-13(2)22-12-15(14(3)20-22)11-21-9-5-4-6-16(21)10-19-17(23)7-8-18/h12-13,16H,4-11,18H2,1-3H3,(H,19,23). The molecule has 2 rings (SSSR count). The van der Waals surface area contributed by atoms with Crippen molar-refractivity contribution in [1.82, 2.24) is 20.0 Å². The van der Waals surface area contributed by atoms with Crippen LogP contribution in [0.5, 0.6) is 0 Å². The van der Waals surface area contributed by atoms with Gasteiger partial charge in [0.15, 0.2) is 0 Å². The Morgan fingerprint density at radius 1 is 1.48 bits per heavy atom. The quantitative estimate of drug-likeness (QED) is 0.799. The molecule has 1 saturated heterocycles. The van der Waals surface area contributed by atoms with Gasteiger partial charge in [-0.2, -0.15) is 5.10 Å². The van der Waals surface area contributed by atoms with Crippen LogP contribution in [0.1, 0.15) is 56.8 Å². The van der Waals surface area contributed by atoms with Gasteiger partial charge in [-0.05, 0) is 40.2 Å². The molecule has 3 N–H and O–H groups in total. The zero-order valence-electron chi connectivity index (χ0n) is 14.7. The van der Waals surface area contributed by atoms with E-state index in [1.54, 1.807) is 0 Å². The van der Waals surface area contributed by atoms with E-state index in [1.807, 2.05) is 4.68 Å². The van der Waals surface area contributed by atoms with Crippen LogP contribution in [0.4, 0.5) is 0 Å². The van der Waals surface area contributed by atoms with Crippen LogP contribution in [0.3, 0.4) is 0 Å². The predicted octanol–water partition coefficient (Wildman–Crippen LogP) is 1.59. The maximum Gasteiger partial charge on any atom is 0.221 e. The number of rotatable bonds is 7. The molecule has 1 aromatic rings. The topological polar surface area (TPSA) is 76.2 Å². The van der Waals surface area contributed by atoms with Crippen LogP contribution in [0.15, 0.2) is 6.20 Å². The summed E-state index contributed by atoms with van der Waals surface area (Å²) in [6, 6.07) is 0.794. The zero-order valence-corrected chi connectivity index (χ0v) is 14.7. The minimum Gasteiger partial charge on any atom is -0.354 e.